The fourth-order valence-electron chi connectivity index (χ4n) is 2.09. The van der Waals surface area contributed by atoms with E-state index in [1.807, 2.05) is 13.8 Å². The lowest BCUT2D eigenvalue weighted by Gasteiger charge is -2.21. The summed E-state index contributed by atoms with van der Waals surface area (Å²) in [5.41, 5.74) is 0.336. The predicted molar refractivity (Wildman–Crippen MR) is 77.4 cm³/mol. The van der Waals surface area contributed by atoms with Crippen LogP contribution in [0.15, 0.2) is 24.3 Å². The topological polar surface area (TPSA) is 28.2 Å². The van der Waals surface area contributed by atoms with Gasteiger partial charge in [0.1, 0.15) is 5.69 Å². The standard InChI is InChI=1S/C15H15F4N3/c1-3-22(4-2)10-7-5-9(6-8-10)20-13-11(16)14(18)21-15(19)12(13)17/h5-8H,3-4H2,1-2H3,(H,20,21). The highest BCUT2D eigenvalue weighted by Gasteiger charge is 2.20. The van der Waals surface area contributed by atoms with Gasteiger partial charge in [-0.2, -0.15) is 22.5 Å². The highest BCUT2D eigenvalue weighted by molar-refractivity contribution is 5.63. The van der Waals surface area contributed by atoms with Crippen LogP contribution in [0.4, 0.5) is 34.6 Å². The first kappa shape index (κ1) is 16.1. The Morgan fingerprint density at radius 3 is 1.86 bits per heavy atom. The number of hydrogen-bond donors (Lipinski definition) is 1. The van der Waals surface area contributed by atoms with Crippen LogP contribution in [0.25, 0.3) is 0 Å². The third kappa shape index (κ3) is 3.13. The molecule has 0 spiro atoms. The summed E-state index contributed by atoms with van der Waals surface area (Å²) in [7, 11) is 0. The maximum atomic E-state index is 13.5. The number of halogens is 4. The normalized spacial score (nSPS) is 10.6. The molecule has 0 atom stereocenters. The van der Waals surface area contributed by atoms with Crippen molar-refractivity contribution in [3.8, 4) is 0 Å². The smallest absolute Gasteiger partial charge is 0.253 e. The summed E-state index contributed by atoms with van der Waals surface area (Å²) in [6, 6.07) is 6.64. The van der Waals surface area contributed by atoms with Gasteiger partial charge in [-0.15, -0.1) is 0 Å². The molecule has 2 aromatic rings. The molecular formula is C15H15F4N3. The van der Waals surface area contributed by atoms with E-state index >= 15 is 0 Å². The molecule has 1 aromatic carbocycles. The quantitative estimate of drug-likeness (QED) is 0.661. The average Bonchev–Trinajstić information content (AvgIpc) is 2.52. The largest absolute Gasteiger partial charge is 0.372 e. The number of hydrogen-bond acceptors (Lipinski definition) is 3. The zero-order valence-corrected chi connectivity index (χ0v) is 12.1. The summed E-state index contributed by atoms with van der Waals surface area (Å²) in [6.45, 7) is 5.63. The molecule has 118 valence electrons. The fourth-order valence-corrected chi connectivity index (χ4v) is 2.09. The molecule has 0 unspecified atom stereocenters. The van der Waals surface area contributed by atoms with Crippen LogP contribution in [0.2, 0.25) is 0 Å². The number of pyridine rings is 1. The van der Waals surface area contributed by atoms with Crippen LogP contribution in [-0.4, -0.2) is 18.1 Å². The predicted octanol–water partition coefficient (Wildman–Crippen LogP) is 4.23. The van der Waals surface area contributed by atoms with Crippen molar-refractivity contribution in [1.29, 1.82) is 0 Å². The molecule has 0 saturated carbocycles. The van der Waals surface area contributed by atoms with E-state index in [1.165, 1.54) is 0 Å². The van der Waals surface area contributed by atoms with E-state index in [4.69, 9.17) is 0 Å². The molecule has 2 rings (SSSR count). The van der Waals surface area contributed by atoms with Crippen molar-refractivity contribution in [2.75, 3.05) is 23.3 Å². The van der Waals surface area contributed by atoms with Crippen molar-refractivity contribution in [1.82, 2.24) is 4.98 Å². The Bertz CT molecular complexity index is 629. The molecular weight excluding hydrogens is 298 g/mol. The SMILES string of the molecule is CCN(CC)c1ccc(Nc2c(F)c(F)nc(F)c2F)cc1. The molecule has 0 aliphatic rings. The molecule has 1 aromatic heterocycles. The number of nitrogens with one attached hydrogen (secondary N) is 1. The zero-order valence-electron chi connectivity index (χ0n) is 12.1. The van der Waals surface area contributed by atoms with Crippen molar-refractivity contribution in [2.45, 2.75) is 13.8 Å². The van der Waals surface area contributed by atoms with Crippen LogP contribution in [-0.2, 0) is 0 Å². The van der Waals surface area contributed by atoms with Crippen molar-refractivity contribution >= 4 is 17.1 Å². The van der Waals surface area contributed by atoms with Gasteiger partial charge in [0.05, 0.1) is 0 Å². The molecule has 0 saturated heterocycles. The van der Waals surface area contributed by atoms with Gasteiger partial charge in [0, 0.05) is 24.5 Å². The van der Waals surface area contributed by atoms with E-state index in [2.05, 4.69) is 15.2 Å². The Balaban J connectivity index is 2.29. The third-order valence-corrected chi connectivity index (χ3v) is 3.26. The zero-order chi connectivity index (χ0) is 16.3. The van der Waals surface area contributed by atoms with Crippen LogP contribution in [0.3, 0.4) is 0 Å². The van der Waals surface area contributed by atoms with Crippen molar-refractivity contribution in [2.24, 2.45) is 0 Å². The summed E-state index contributed by atoms with van der Waals surface area (Å²) in [5, 5.41) is 2.34. The van der Waals surface area contributed by atoms with Gasteiger partial charge in [-0.25, -0.2) is 0 Å². The second-order valence-corrected chi connectivity index (χ2v) is 4.54. The van der Waals surface area contributed by atoms with Crippen LogP contribution in [0, 0.1) is 23.5 Å². The minimum atomic E-state index is -1.69. The molecule has 7 heteroatoms. The first-order chi connectivity index (χ1) is 10.5. The molecule has 0 aliphatic heterocycles. The van der Waals surface area contributed by atoms with Gasteiger partial charge in [0.15, 0.2) is 0 Å². The van der Waals surface area contributed by atoms with Gasteiger partial charge < -0.3 is 10.2 Å². The molecule has 0 fully saturated rings. The molecule has 1 heterocycles. The molecule has 0 bridgehead atoms. The van der Waals surface area contributed by atoms with Gasteiger partial charge in [-0.05, 0) is 38.1 Å². The van der Waals surface area contributed by atoms with Gasteiger partial charge in [0.25, 0.3) is 11.9 Å². The molecule has 3 nitrogen and oxygen atoms in total. The Morgan fingerprint density at radius 1 is 0.909 bits per heavy atom. The lowest BCUT2D eigenvalue weighted by atomic mass is 10.2. The van der Waals surface area contributed by atoms with Crippen LogP contribution >= 0.6 is 0 Å². The highest BCUT2D eigenvalue weighted by atomic mass is 19.2. The lowest BCUT2D eigenvalue weighted by molar-refractivity contribution is 0.411. The van der Waals surface area contributed by atoms with Crippen molar-refractivity contribution < 1.29 is 17.6 Å². The van der Waals surface area contributed by atoms with Crippen LogP contribution in [0.1, 0.15) is 13.8 Å². The number of nitrogens with zero attached hydrogens (tertiary/aromatic N) is 2. The van der Waals surface area contributed by atoms with Crippen molar-refractivity contribution in [3.63, 3.8) is 0 Å². The van der Waals surface area contributed by atoms with Crippen LogP contribution < -0.4 is 10.2 Å². The summed E-state index contributed by atoms with van der Waals surface area (Å²) in [5.74, 6) is -6.51. The maximum absolute atomic E-state index is 13.5. The Labute approximate surface area is 125 Å². The third-order valence-electron chi connectivity index (χ3n) is 3.26. The van der Waals surface area contributed by atoms with Crippen molar-refractivity contribution in [3.05, 3.63) is 47.8 Å². The number of rotatable bonds is 5. The first-order valence-electron chi connectivity index (χ1n) is 6.79. The molecule has 0 amide bonds. The summed E-state index contributed by atoms with van der Waals surface area (Å²) < 4.78 is 53.1. The van der Waals surface area contributed by atoms with Crippen LogP contribution in [0.5, 0.6) is 0 Å². The Kier molecular flexibility index (Phi) is 4.85. The van der Waals surface area contributed by atoms with E-state index in [9.17, 15) is 17.6 Å². The maximum Gasteiger partial charge on any atom is 0.253 e. The molecule has 1 N–H and O–H groups in total. The monoisotopic (exact) mass is 313 g/mol. The second-order valence-electron chi connectivity index (χ2n) is 4.54. The summed E-state index contributed by atoms with van der Waals surface area (Å²) >= 11 is 0. The van der Waals surface area contributed by atoms with E-state index in [-0.39, 0.29) is 0 Å². The van der Waals surface area contributed by atoms with E-state index in [0.29, 0.717) is 5.69 Å². The fraction of sp³-hybridized carbons (Fsp3) is 0.267. The Hall–Kier alpha value is -2.31. The second kappa shape index (κ2) is 6.64. The number of benzene rings is 1. The van der Waals surface area contributed by atoms with Gasteiger partial charge >= 0.3 is 0 Å². The van der Waals surface area contributed by atoms with E-state index < -0.39 is 29.2 Å². The number of aromatic nitrogens is 1. The average molecular weight is 313 g/mol. The first-order valence-corrected chi connectivity index (χ1v) is 6.79. The minimum absolute atomic E-state index is 0.304. The van der Waals surface area contributed by atoms with E-state index in [0.717, 1.165) is 18.8 Å². The van der Waals surface area contributed by atoms with Gasteiger partial charge in [0.2, 0.25) is 11.6 Å². The molecule has 22 heavy (non-hydrogen) atoms. The minimum Gasteiger partial charge on any atom is -0.372 e. The molecule has 0 aliphatic carbocycles. The Morgan fingerprint density at radius 2 is 1.41 bits per heavy atom. The molecule has 0 radical (unpaired) electrons. The van der Waals surface area contributed by atoms with E-state index in [1.54, 1.807) is 24.3 Å². The van der Waals surface area contributed by atoms with Gasteiger partial charge in [-0.1, -0.05) is 0 Å². The highest BCUT2D eigenvalue weighted by Crippen LogP contribution is 2.27. The summed E-state index contributed by atoms with van der Waals surface area (Å²) in [6.07, 6.45) is 0. The van der Waals surface area contributed by atoms with Gasteiger partial charge in [-0.3, -0.25) is 0 Å². The lowest BCUT2D eigenvalue weighted by Crippen LogP contribution is -2.21. The number of anilines is 3. The summed E-state index contributed by atoms with van der Waals surface area (Å²) in [4.78, 5) is 4.58.